The molecule has 126 valence electrons. The van der Waals surface area contributed by atoms with Crippen LogP contribution in [0.2, 0.25) is 0 Å². The van der Waals surface area contributed by atoms with Crippen molar-refractivity contribution in [3.05, 3.63) is 78.4 Å². The van der Waals surface area contributed by atoms with Crippen molar-refractivity contribution in [2.45, 2.75) is 0 Å². The van der Waals surface area contributed by atoms with E-state index in [0.29, 0.717) is 16.9 Å². The van der Waals surface area contributed by atoms with E-state index in [-0.39, 0.29) is 5.91 Å². The summed E-state index contributed by atoms with van der Waals surface area (Å²) in [5, 5.41) is 5.81. The molecule has 0 saturated carbocycles. The van der Waals surface area contributed by atoms with E-state index >= 15 is 0 Å². The number of nitrogens with one attached hydrogen (secondary N) is 2. The molecule has 0 bridgehead atoms. The quantitative estimate of drug-likeness (QED) is 0.731. The average molecular weight is 337 g/mol. The molecule has 1 aromatic heterocycles. The van der Waals surface area contributed by atoms with Crippen molar-refractivity contribution in [1.82, 2.24) is 4.98 Å². The Bertz CT molecular complexity index is 882. The fourth-order valence-corrected chi connectivity index (χ4v) is 2.24. The van der Waals surface area contributed by atoms with Crippen LogP contribution >= 0.6 is 0 Å². The molecule has 5 nitrogen and oxygen atoms in total. The van der Waals surface area contributed by atoms with E-state index in [9.17, 15) is 9.18 Å². The molecule has 1 heterocycles. The molecule has 1 amide bonds. The van der Waals surface area contributed by atoms with Crippen molar-refractivity contribution in [3.63, 3.8) is 0 Å². The Kier molecular flexibility index (Phi) is 4.89. The molecule has 0 radical (unpaired) electrons. The molecule has 0 unspecified atom stereocenters. The number of ether oxygens (including phenoxy) is 1. The van der Waals surface area contributed by atoms with Crippen LogP contribution in [0, 0.1) is 5.82 Å². The Morgan fingerprint density at radius 1 is 1.00 bits per heavy atom. The number of rotatable bonds is 5. The van der Waals surface area contributed by atoms with Gasteiger partial charge in [-0.25, -0.2) is 4.39 Å². The van der Waals surface area contributed by atoms with Gasteiger partial charge in [-0.2, -0.15) is 0 Å². The maximum absolute atomic E-state index is 13.2. The minimum atomic E-state index is -0.411. The zero-order valence-electron chi connectivity index (χ0n) is 13.5. The third-order valence-electron chi connectivity index (χ3n) is 3.46. The topological polar surface area (TPSA) is 63.2 Å². The molecule has 0 fully saturated rings. The lowest BCUT2D eigenvalue weighted by molar-refractivity contribution is 0.102. The summed E-state index contributed by atoms with van der Waals surface area (Å²) < 4.78 is 18.3. The number of nitrogens with zero attached hydrogens (tertiary/aromatic N) is 1. The first-order chi connectivity index (χ1) is 12.1. The lowest BCUT2D eigenvalue weighted by Gasteiger charge is -2.09. The second kappa shape index (κ2) is 7.44. The van der Waals surface area contributed by atoms with Crippen LogP contribution in [0.1, 0.15) is 10.4 Å². The second-order valence-electron chi connectivity index (χ2n) is 5.28. The Balaban J connectivity index is 1.72. The Morgan fingerprint density at radius 2 is 1.80 bits per heavy atom. The molecule has 6 heteroatoms. The van der Waals surface area contributed by atoms with Crippen molar-refractivity contribution in [3.8, 4) is 5.75 Å². The van der Waals surface area contributed by atoms with Gasteiger partial charge in [-0.15, -0.1) is 0 Å². The number of carbonyl (C=O) groups is 1. The normalized spacial score (nSPS) is 10.2. The molecule has 25 heavy (non-hydrogen) atoms. The van der Waals surface area contributed by atoms with Gasteiger partial charge < -0.3 is 15.4 Å². The first-order valence-electron chi connectivity index (χ1n) is 7.57. The number of aromatic nitrogens is 1. The number of amides is 1. The van der Waals surface area contributed by atoms with Crippen molar-refractivity contribution in [2.24, 2.45) is 0 Å². The molecule has 0 aliphatic carbocycles. The Morgan fingerprint density at radius 3 is 2.52 bits per heavy atom. The largest absolute Gasteiger partial charge is 0.497 e. The molecule has 0 saturated heterocycles. The summed E-state index contributed by atoms with van der Waals surface area (Å²) in [5.74, 6) is -0.0192. The highest BCUT2D eigenvalue weighted by atomic mass is 19.1. The SMILES string of the molecule is COc1ccc(Nc2cncc(C(=O)Nc3cccc(F)c3)c2)cc1. The fourth-order valence-electron chi connectivity index (χ4n) is 2.24. The van der Waals surface area contributed by atoms with E-state index in [0.717, 1.165) is 11.4 Å². The molecule has 0 aliphatic heterocycles. The van der Waals surface area contributed by atoms with Gasteiger partial charge in [0.25, 0.3) is 5.91 Å². The minimum absolute atomic E-state index is 0.364. The number of benzene rings is 2. The van der Waals surface area contributed by atoms with Gasteiger partial charge in [-0.05, 0) is 48.5 Å². The zero-order valence-corrected chi connectivity index (χ0v) is 13.5. The number of carbonyl (C=O) groups excluding carboxylic acids is 1. The summed E-state index contributed by atoms with van der Waals surface area (Å²) in [5.41, 5.74) is 2.25. The average Bonchev–Trinajstić information content (AvgIpc) is 2.62. The number of hydrogen-bond donors (Lipinski definition) is 2. The smallest absolute Gasteiger partial charge is 0.257 e. The lowest BCUT2D eigenvalue weighted by Crippen LogP contribution is -2.12. The maximum Gasteiger partial charge on any atom is 0.257 e. The number of pyridine rings is 1. The van der Waals surface area contributed by atoms with Crippen LogP contribution in [0.3, 0.4) is 0 Å². The van der Waals surface area contributed by atoms with Gasteiger partial charge >= 0.3 is 0 Å². The van der Waals surface area contributed by atoms with Gasteiger partial charge in [-0.1, -0.05) is 6.07 Å². The van der Waals surface area contributed by atoms with E-state index < -0.39 is 5.82 Å². The van der Waals surface area contributed by atoms with E-state index in [1.165, 1.54) is 24.4 Å². The van der Waals surface area contributed by atoms with Crippen LogP contribution in [0.25, 0.3) is 0 Å². The first-order valence-corrected chi connectivity index (χ1v) is 7.57. The van der Waals surface area contributed by atoms with Crippen LogP contribution in [-0.2, 0) is 0 Å². The van der Waals surface area contributed by atoms with Crippen LogP contribution in [-0.4, -0.2) is 18.0 Å². The highest BCUT2D eigenvalue weighted by molar-refractivity contribution is 6.04. The molecule has 3 rings (SSSR count). The molecular formula is C19H16FN3O2. The molecule has 2 aromatic carbocycles. The van der Waals surface area contributed by atoms with Crippen LogP contribution < -0.4 is 15.4 Å². The van der Waals surface area contributed by atoms with Crippen LogP contribution in [0.4, 0.5) is 21.5 Å². The van der Waals surface area contributed by atoms with Gasteiger partial charge in [0, 0.05) is 17.6 Å². The third-order valence-corrected chi connectivity index (χ3v) is 3.46. The minimum Gasteiger partial charge on any atom is -0.497 e. The van der Waals surface area contributed by atoms with Gasteiger partial charge in [0.05, 0.1) is 24.6 Å². The Labute approximate surface area is 144 Å². The molecule has 0 aliphatic rings. The summed E-state index contributed by atoms with van der Waals surface area (Å²) in [6, 6.07) is 14.8. The number of hydrogen-bond acceptors (Lipinski definition) is 4. The molecule has 3 aromatic rings. The van der Waals surface area contributed by atoms with Crippen molar-refractivity contribution >= 4 is 23.0 Å². The predicted octanol–water partition coefficient (Wildman–Crippen LogP) is 4.23. The van der Waals surface area contributed by atoms with E-state index in [1.807, 2.05) is 24.3 Å². The summed E-state index contributed by atoms with van der Waals surface area (Å²) in [6.45, 7) is 0. The number of halogens is 1. The van der Waals surface area contributed by atoms with Gasteiger partial charge in [0.1, 0.15) is 11.6 Å². The number of anilines is 3. The predicted molar refractivity (Wildman–Crippen MR) is 94.9 cm³/mol. The number of methoxy groups -OCH3 is 1. The summed E-state index contributed by atoms with van der Waals surface area (Å²) >= 11 is 0. The highest BCUT2D eigenvalue weighted by Crippen LogP contribution is 2.20. The van der Waals surface area contributed by atoms with Gasteiger partial charge in [0.15, 0.2) is 0 Å². The molecular weight excluding hydrogens is 321 g/mol. The van der Waals surface area contributed by atoms with E-state index in [4.69, 9.17) is 4.74 Å². The van der Waals surface area contributed by atoms with E-state index in [1.54, 1.807) is 25.4 Å². The van der Waals surface area contributed by atoms with E-state index in [2.05, 4.69) is 15.6 Å². The van der Waals surface area contributed by atoms with Gasteiger partial charge in [0.2, 0.25) is 0 Å². The second-order valence-corrected chi connectivity index (χ2v) is 5.28. The lowest BCUT2D eigenvalue weighted by atomic mass is 10.2. The summed E-state index contributed by atoms with van der Waals surface area (Å²) in [7, 11) is 1.60. The third kappa shape index (κ3) is 4.32. The molecule has 0 spiro atoms. The fraction of sp³-hybridized carbons (Fsp3) is 0.0526. The molecule has 0 atom stereocenters. The maximum atomic E-state index is 13.2. The van der Waals surface area contributed by atoms with Crippen molar-refractivity contribution in [1.29, 1.82) is 0 Å². The first kappa shape index (κ1) is 16.4. The zero-order chi connectivity index (χ0) is 17.6. The monoisotopic (exact) mass is 337 g/mol. The Hall–Kier alpha value is -3.41. The van der Waals surface area contributed by atoms with Crippen molar-refractivity contribution < 1.29 is 13.9 Å². The van der Waals surface area contributed by atoms with Gasteiger partial charge in [-0.3, -0.25) is 9.78 Å². The van der Waals surface area contributed by atoms with Crippen LogP contribution in [0.15, 0.2) is 67.0 Å². The highest BCUT2D eigenvalue weighted by Gasteiger charge is 2.08. The standard InChI is InChI=1S/C19H16FN3O2/c1-25-18-7-5-15(6-8-18)22-17-9-13(11-21-12-17)19(24)23-16-4-2-3-14(20)10-16/h2-12,22H,1H3,(H,23,24). The van der Waals surface area contributed by atoms with Crippen molar-refractivity contribution in [2.75, 3.05) is 17.7 Å². The summed E-state index contributed by atoms with van der Waals surface area (Å²) in [4.78, 5) is 16.4. The summed E-state index contributed by atoms with van der Waals surface area (Å²) in [6.07, 6.45) is 3.07. The van der Waals surface area contributed by atoms with Crippen LogP contribution in [0.5, 0.6) is 5.75 Å². The molecule has 2 N–H and O–H groups in total.